The van der Waals surface area contributed by atoms with E-state index in [1.165, 1.54) is 0 Å². The number of aromatic amines is 1. The molecule has 6 heteroatoms. The smallest absolute Gasteiger partial charge is 0.408 e. The monoisotopic (exact) mass is 340 g/mol. The molecule has 0 saturated heterocycles. The van der Waals surface area contributed by atoms with Gasteiger partial charge in [-0.3, -0.25) is 4.79 Å². The average Bonchev–Trinajstić information content (AvgIpc) is 3.03. The third-order valence-corrected chi connectivity index (χ3v) is 3.88. The van der Waals surface area contributed by atoms with E-state index >= 15 is 0 Å². The van der Waals surface area contributed by atoms with E-state index in [-0.39, 0.29) is 13.0 Å². The van der Waals surface area contributed by atoms with Crippen molar-refractivity contribution in [1.29, 1.82) is 0 Å². The highest BCUT2D eigenvalue weighted by Crippen LogP contribution is 2.19. The normalized spacial score (nSPS) is 11.9. The van der Waals surface area contributed by atoms with E-state index in [0.29, 0.717) is 0 Å². The highest BCUT2D eigenvalue weighted by Gasteiger charge is 2.23. The zero-order valence-corrected chi connectivity index (χ0v) is 13.4. The summed E-state index contributed by atoms with van der Waals surface area (Å²) in [5, 5.41) is 3.17. The van der Waals surface area contributed by atoms with Gasteiger partial charge in [0.25, 0.3) is 0 Å². The predicted octanol–water partition coefficient (Wildman–Crippen LogP) is 3.50. The molecule has 0 aliphatic carbocycles. The van der Waals surface area contributed by atoms with E-state index < -0.39 is 18.2 Å². The zero-order chi connectivity index (χ0) is 17.6. The molecule has 2 N–H and O–H groups in total. The Balaban J connectivity index is 1.63. The van der Waals surface area contributed by atoms with Gasteiger partial charge in [0, 0.05) is 23.5 Å². The van der Waals surface area contributed by atoms with Gasteiger partial charge in [-0.1, -0.05) is 48.5 Å². The van der Waals surface area contributed by atoms with Crippen LogP contribution in [0.2, 0.25) is 0 Å². The van der Waals surface area contributed by atoms with Gasteiger partial charge in [-0.2, -0.15) is 4.39 Å². The Morgan fingerprint density at radius 2 is 1.80 bits per heavy atom. The Hall–Kier alpha value is -3.15. The fourth-order valence-corrected chi connectivity index (χ4v) is 2.62. The van der Waals surface area contributed by atoms with Crippen LogP contribution in [-0.2, 0) is 22.6 Å². The number of rotatable bonds is 6. The molecule has 1 amide bonds. The van der Waals surface area contributed by atoms with Crippen LogP contribution in [0.4, 0.5) is 9.18 Å². The lowest BCUT2D eigenvalue weighted by molar-refractivity contribution is -0.131. The van der Waals surface area contributed by atoms with E-state index in [1.54, 1.807) is 18.3 Å². The standard InChI is InChI=1S/C19H17FN2O3/c20-18(23)17(10-14-11-21-16-9-5-4-8-15(14)16)22-19(24)25-12-13-6-2-1-3-7-13/h1-9,11,17,21H,10,12H2,(H,22,24)/t17-/m0/s1. The third kappa shape index (κ3) is 4.23. The molecule has 128 valence electrons. The summed E-state index contributed by atoms with van der Waals surface area (Å²) >= 11 is 0. The second kappa shape index (κ2) is 7.61. The van der Waals surface area contributed by atoms with E-state index in [2.05, 4.69) is 10.3 Å². The van der Waals surface area contributed by atoms with Crippen molar-refractivity contribution in [1.82, 2.24) is 10.3 Å². The van der Waals surface area contributed by atoms with Crippen LogP contribution in [0.25, 0.3) is 10.9 Å². The topological polar surface area (TPSA) is 71.2 Å². The van der Waals surface area contributed by atoms with Crippen molar-refractivity contribution in [2.24, 2.45) is 0 Å². The van der Waals surface area contributed by atoms with Crippen LogP contribution in [0, 0.1) is 0 Å². The first-order valence-corrected chi connectivity index (χ1v) is 7.85. The second-order valence-electron chi connectivity index (χ2n) is 5.63. The molecule has 1 aromatic heterocycles. The number of carbonyl (C=O) groups is 2. The van der Waals surface area contributed by atoms with E-state index in [0.717, 1.165) is 22.0 Å². The molecule has 0 fully saturated rings. The average molecular weight is 340 g/mol. The van der Waals surface area contributed by atoms with Crippen LogP contribution < -0.4 is 5.32 Å². The lowest BCUT2D eigenvalue weighted by Crippen LogP contribution is -2.41. The fourth-order valence-electron chi connectivity index (χ4n) is 2.62. The number of hydrogen-bond donors (Lipinski definition) is 2. The van der Waals surface area contributed by atoms with E-state index in [4.69, 9.17) is 4.74 Å². The number of fused-ring (bicyclic) bond motifs is 1. The summed E-state index contributed by atoms with van der Waals surface area (Å²) in [6, 6.07) is 13.7. The predicted molar refractivity (Wildman–Crippen MR) is 91.7 cm³/mol. The molecule has 5 nitrogen and oxygen atoms in total. The number of hydrogen-bond acceptors (Lipinski definition) is 3. The van der Waals surface area contributed by atoms with Gasteiger partial charge in [-0.15, -0.1) is 0 Å². The molecule has 1 atom stereocenters. The summed E-state index contributed by atoms with van der Waals surface area (Å²) in [7, 11) is 0. The van der Waals surface area contributed by atoms with Crippen molar-refractivity contribution < 1.29 is 18.7 Å². The van der Waals surface area contributed by atoms with Crippen LogP contribution in [0.15, 0.2) is 60.8 Å². The molecular formula is C19H17FN2O3. The number of ether oxygens (including phenoxy) is 1. The van der Waals surface area contributed by atoms with Gasteiger partial charge in [-0.05, 0) is 17.2 Å². The number of H-pyrrole nitrogens is 1. The highest BCUT2D eigenvalue weighted by molar-refractivity contribution is 5.85. The van der Waals surface area contributed by atoms with Crippen LogP contribution >= 0.6 is 0 Å². The SMILES string of the molecule is O=C(N[C@@H](Cc1c[nH]c2ccccc12)C(=O)F)OCc1ccccc1. The summed E-state index contributed by atoms with van der Waals surface area (Å²) in [4.78, 5) is 26.2. The minimum Gasteiger partial charge on any atom is -0.445 e. The first-order chi connectivity index (χ1) is 12.1. The zero-order valence-electron chi connectivity index (χ0n) is 13.4. The Morgan fingerprint density at radius 3 is 2.56 bits per heavy atom. The van der Waals surface area contributed by atoms with Crippen LogP contribution in [0.3, 0.4) is 0 Å². The maximum Gasteiger partial charge on any atom is 0.408 e. The van der Waals surface area contributed by atoms with Crippen molar-refractivity contribution in [2.45, 2.75) is 19.1 Å². The van der Waals surface area contributed by atoms with Gasteiger partial charge in [0.2, 0.25) is 0 Å². The molecule has 25 heavy (non-hydrogen) atoms. The molecule has 0 spiro atoms. The Labute approximate surface area is 143 Å². The lowest BCUT2D eigenvalue weighted by Gasteiger charge is -2.14. The number of halogens is 1. The van der Waals surface area contributed by atoms with E-state index in [9.17, 15) is 14.0 Å². The molecule has 0 aliphatic rings. The number of alkyl carbamates (subject to hydrolysis) is 1. The molecule has 0 aliphatic heterocycles. The third-order valence-electron chi connectivity index (χ3n) is 3.88. The van der Waals surface area contributed by atoms with Crippen LogP contribution in [-0.4, -0.2) is 23.2 Å². The van der Waals surface area contributed by atoms with Crippen molar-refractivity contribution >= 4 is 23.0 Å². The maximum atomic E-state index is 13.4. The number of nitrogens with one attached hydrogen (secondary N) is 2. The van der Waals surface area contributed by atoms with Crippen LogP contribution in [0.5, 0.6) is 0 Å². The first-order valence-electron chi connectivity index (χ1n) is 7.85. The highest BCUT2D eigenvalue weighted by atomic mass is 19.1. The quantitative estimate of drug-likeness (QED) is 0.675. The number of carbonyl (C=O) groups excluding carboxylic acids is 2. The molecule has 0 bridgehead atoms. The van der Waals surface area contributed by atoms with Gasteiger partial charge < -0.3 is 15.0 Å². The van der Waals surface area contributed by atoms with Gasteiger partial charge in [0.15, 0.2) is 0 Å². The van der Waals surface area contributed by atoms with Gasteiger partial charge in [0.05, 0.1) is 0 Å². The van der Waals surface area contributed by atoms with Crippen molar-refractivity contribution in [3.05, 3.63) is 71.9 Å². The fraction of sp³-hybridized carbons (Fsp3) is 0.158. The Morgan fingerprint density at radius 1 is 1.08 bits per heavy atom. The number of amides is 1. The van der Waals surface area contributed by atoms with Gasteiger partial charge >= 0.3 is 12.1 Å². The van der Waals surface area contributed by atoms with Crippen molar-refractivity contribution in [2.75, 3.05) is 0 Å². The number of benzene rings is 2. The molecule has 0 unspecified atom stereocenters. The first kappa shape index (κ1) is 16.7. The molecule has 0 radical (unpaired) electrons. The van der Waals surface area contributed by atoms with Crippen molar-refractivity contribution in [3.63, 3.8) is 0 Å². The van der Waals surface area contributed by atoms with Crippen molar-refractivity contribution in [3.8, 4) is 0 Å². The second-order valence-corrected chi connectivity index (χ2v) is 5.63. The summed E-state index contributed by atoms with van der Waals surface area (Å²) in [6.45, 7) is 0.0486. The van der Waals surface area contributed by atoms with Gasteiger partial charge in [-0.25, -0.2) is 4.79 Å². The maximum absolute atomic E-state index is 13.4. The van der Waals surface area contributed by atoms with Gasteiger partial charge in [0.1, 0.15) is 12.6 Å². The number of para-hydroxylation sites is 1. The molecule has 2 aromatic carbocycles. The Kier molecular flexibility index (Phi) is 5.09. The number of aromatic nitrogens is 1. The largest absolute Gasteiger partial charge is 0.445 e. The Bertz CT molecular complexity index is 877. The summed E-state index contributed by atoms with van der Waals surface area (Å²) < 4.78 is 18.4. The minimum atomic E-state index is -1.61. The van der Waals surface area contributed by atoms with Crippen LogP contribution in [0.1, 0.15) is 11.1 Å². The van der Waals surface area contributed by atoms with E-state index in [1.807, 2.05) is 42.5 Å². The minimum absolute atomic E-state index is 0.0415. The molecule has 1 heterocycles. The lowest BCUT2D eigenvalue weighted by atomic mass is 10.1. The molecule has 0 saturated carbocycles. The summed E-state index contributed by atoms with van der Waals surface area (Å²) in [5.74, 6) is 0. The molecule has 3 rings (SSSR count). The molecule has 3 aromatic rings. The molecular weight excluding hydrogens is 323 g/mol. The summed E-state index contributed by atoms with van der Waals surface area (Å²) in [5.41, 5.74) is 2.43. The summed E-state index contributed by atoms with van der Waals surface area (Å²) in [6.07, 6.45) is 0.914.